The van der Waals surface area contributed by atoms with Gasteiger partial charge in [-0.3, -0.25) is 4.90 Å². The van der Waals surface area contributed by atoms with Crippen LogP contribution in [0.5, 0.6) is 0 Å². The summed E-state index contributed by atoms with van der Waals surface area (Å²) < 4.78 is 0. The van der Waals surface area contributed by atoms with Gasteiger partial charge in [-0.25, -0.2) is 0 Å². The van der Waals surface area contributed by atoms with E-state index in [2.05, 4.69) is 63.1 Å². The SMILES string of the molecule is CC.CC1=CC=CC(CNCCN(C(C)C)C(C)C)C1.[HH]. The number of hydrogen-bond acceptors (Lipinski definition) is 2. The third kappa shape index (κ3) is 7.86. The number of allylic oxidation sites excluding steroid dienone is 3. The molecule has 0 amide bonds. The molecule has 120 valence electrons. The van der Waals surface area contributed by atoms with E-state index in [-0.39, 0.29) is 1.43 Å². The van der Waals surface area contributed by atoms with Gasteiger partial charge in [0, 0.05) is 33.1 Å². The predicted molar refractivity (Wildman–Crippen MR) is 94.3 cm³/mol. The van der Waals surface area contributed by atoms with Crippen molar-refractivity contribution in [2.75, 3.05) is 19.6 Å². The fraction of sp³-hybridized carbons (Fsp3) is 0.778. The number of nitrogens with zero attached hydrogens (tertiary/aromatic N) is 1. The van der Waals surface area contributed by atoms with E-state index < -0.39 is 0 Å². The van der Waals surface area contributed by atoms with Crippen molar-refractivity contribution in [3.05, 3.63) is 23.8 Å². The fourth-order valence-corrected chi connectivity index (χ4v) is 2.68. The van der Waals surface area contributed by atoms with Crippen molar-refractivity contribution < 1.29 is 1.43 Å². The Kier molecular flexibility index (Phi) is 10.8. The maximum atomic E-state index is 3.60. The third-order valence-electron chi connectivity index (χ3n) is 3.63. The van der Waals surface area contributed by atoms with Gasteiger partial charge < -0.3 is 5.32 Å². The van der Waals surface area contributed by atoms with E-state index >= 15 is 0 Å². The summed E-state index contributed by atoms with van der Waals surface area (Å²) in [6.07, 6.45) is 7.94. The van der Waals surface area contributed by atoms with E-state index in [1.165, 1.54) is 12.0 Å². The van der Waals surface area contributed by atoms with Crippen molar-refractivity contribution in [2.45, 2.75) is 67.0 Å². The molecule has 0 bridgehead atoms. The second kappa shape index (κ2) is 11.1. The molecule has 0 aromatic carbocycles. The molecule has 1 rings (SSSR count). The van der Waals surface area contributed by atoms with Crippen molar-refractivity contribution in [3.8, 4) is 0 Å². The average Bonchev–Trinajstić information content (AvgIpc) is 2.40. The molecular formula is C18H38N2. The summed E-state index contributed by atoms with van der Waals surface area (Å²) in [5.74, 6) is 0.682. The van der Waals surface area contributed by atoms with Gasteiger partial charge in [0.05, 0.1) is 0 Å². The Hall–Kier alpha value is -0.600. The van der Waals surface area contributed by atoms with Gasteiger partial charge in [-0.2, -0.15) is 0 Å². The maximum absolute atomic E-state index is 3.60. The minimum absolute atomic E-state index is 0. The first-order valence-corrected chi connectivity index (χ1v) is 8.31. The quantitative estimate of drug-likeness (QED) is 0.692. The van der Waals surface area contributed by atoms with E-state index in [1.54, 1.807) is 0 Å². The average molecular weight is 283 g/mol. The lowest BCUT2D eigenvalue weighted by Gasteiger charge is -2.30. The minimum atomic E-state index is 0. The molecule has 0 saturated heterocycles. The third-order valence-corrected chi connectivity index (χ3v) is 3.63. The predicted octanol–water partition coefficient (Wildman–Crippen LogP) is 4.49. The van der Waals surface area contributed by atoms with Crippen molar-refractivity contribution in [1.29, 1.82) is 0 Å². The topological polar surface area (TPSA) is 15.3 Å². The van der Waals surface area contributed by atoms with Crippen molar-refractivity contribution >= 4 is 0 Å². The first kappa shape index (κ1) is 19.4. The largest absolute Gasteiger partial charge is 0.315 e. The van der Waals surface area contributed by atoms with Crippen LogP contribution in [0.1, 0.15) is 56.3 Å². The van der Waals surface area contributed by atoms with Gasteiger partial charge in [-0.05, 0) is 47.0 Å². The van der Waals surface area contributed by atoms with Gasteiger partial charge in [0.2, 0.25) is 0 Å². The second-order valence-corrected chi connectivity index (χ2v) is 5.99. The molecule has 0 saturated carbocycles. The number of rotatable bonds is 7. The molecule has 2 nitrogen and oxygen atoms in total. The lowest BCUT2D eigenvalue weighted by atomic mass is 9.95. The zero-order chi connectivity index (χ0) is 15.5. The molecule has 0 spiro atoms. The Bertz CT molecular complexity index is 288. The highest BCUT2D eigenvalue weighted by molar-refractivity contribution is 5.18. The summed E-state index contributed by atoms with van der Waals surface area (Å²) in [6.45, 7) is 18.7. The van der Waals surface area contributed by atoms with Gasteiger partial charge in [0.1, 0.15) is 0 Å². The Morgan fingerprint density at radius 2 is 1.85 bits per heavy atom. The Morgan fingerprint density at radius 3 is 2.35 bits per heavy atom. The molecule has 1 unspecified atom stereocenters. The zero-order valence-corrected chi connectivity index (χ0v) is 14.7. The van der Waals surface area contributed by atoms with Crippen LogP contribution >= 0.6 is 0 Å². The molecule has 1 aliphatic rings. The van der Waals surface area contributed by atoms with Gasteiger partial charge in [0.15, 0.2) is 0 Å². The molecule has 1 N–H and O–H groups in total. The molecule has 0 aromatic rings. The highest BCUT2D eigenvalue weighted by Gasteiger charge is 2.13. The molecule has 0 heterocycles. The molecule has 1 atom stereocenters. The van der Waals surface area contributed by atoms with Crippen molar-refractivity contribution in [2.24, 2.45) is 5.92 Å². The van der Waals surface area contributed by atoms with E-state index in [0.29, 0.717) is 18.0 Å². The van der Waals surface area contributed by atoms with E-state index in [0.717, 1.165) is 19.6 Å². The summed E-state index contributed by atoms with van der Waals surface area (Å²) >= 11 is 0. The molecule has 0 aromatic heterocycles. The zero-order valence-electron chi connectivity index (χ0n) is 14.7. The van der Waals surface area contributed by atoms with Crippen molar-refractivity contribution in [1.82, 2.24) is 10.2 Å². The van der Waals surface area contributed by atoms with Crippen LogP contribution in [0.3, 0.4) is 0 Å². The molecule has 2 heteroatoms. The lowest BCUT2D eigenvalue weighted by molar-refractivity contribution is 0.175. The van der Waals surface area contributed by atoms with E-state index in [4.69, 9.17) is 0 Å². The van der Waals surface area contributed by atoms with E-state index in [9.17, 15) is 0 Å². The van der Waals surface area contributed by atoms with Crippen molar-refractivity contribution in [3.63, 3.8) is 0 Å². The Balaban J connectivity index is 0. The highest BCUT2D eigenvalue weighted by atomic mass is 15.2. The highest BCUT2D eigenvalue weighted by Crippen LogP contribution is 2.16. The molecular weight excluding hydrogens is 244 g/mol. The maximum Gasteiger partial charge on any atom is 0.0112 e. The van der Waals surface area contributed by atoms with Gasteiger partial charge >= 0.3 is 0 Å². The molecule has 0 aliphatic heterocycles. The van der Waals surface area contributed by atoms with Gasteiger partial charge in [-0.1, -0.05) is 37.6 Å². The molecule has 0 radical (unpaired) electrons. The lowest BCUT2D eigenvalue weighted by Crippen LogP contribution is -2.42. The summed E-state index contributed by atoms with van der Waals surface area (Å²) in [7, 11) is 0. The monoisotopic (exact) mass is 282 g/mol. The minimum Gasteiger partial charge on any atom is -0.315 e. The van der Waals surface area contributed by atoms with Crippen LogP contribution in [0.25, 0.3) is 0 Å². The molecule has 1 aliphatic carbocycles. The van der Waals surface area contributed by atoms with Crippen LogP contribution in [-0.2, 0) is 0 Å². The normalized spacial score (nSPS) is 18.3. The first-order valence-electron chi connectivity index (χ1n) is 8.31. The van der Waals surface area contributed by atoms with Gasteiger partial charge in [0.25, 0.3) is 0 Å². The van der Waals surface area contributed by atoms with Crippen LogP contribution in [0.4, 0.5) is 0 Å². The Morgan fingerprint density at radius 1 is 1.25 bits per heavy atom. The summed E-state index contributed by atoms with van der Waals surface area (Å²) in [5, 5.41) is 3.60. The van der Waals surface area contributed by atoms with Crippen LogP contribution in [0, 0.1) is 5.92 Å². The van der Waals surface area contributed by atoms with Gasteiger partial charge in [-0.15, -0.1) is 0 Å². The number of hydrogen-bond donors (Lipinski definition) is 1. The number of nitrogens with one attached hydrogen (secondary N) is 1. The molecule has 0 fully saturated rings. The standard InChI is InChI=1S/C16H30N2.C2H6.H2/c1-13(2)18(14(3)4)10-9-17-12-16-8-6-7-15(5)11-16;1-2;/h6-8,13-14,16-17H,9-12H2,1-5H3;1-2H3;1H. The summed E-state index contributed by atoms with van der Waals surface area (Å²) in [4.78, 5) is 2.54. The molecule has 20 heavy (non-hydrogen) atoms. The summed E-state index contributed by atoms with van der Waals surface area (Å²) in [5.41, 5.74) is 1.50. The Labute approximate surface area is 128 Å². The smallest absolute Gasteiger partial charge is 0.0112 e. The van der Waals surface area contributed by atoms with Crippen LogP contribution in [0.2, 0.25) is 0 Å². The van der Waals surface area contributed by atoms with Crippen LogP contribution in [0.15, 0.2) is 23.8 Å². The summed E-state index contributed by atoms with van der Waals surface area (Å²) in [6, 6.07) is 1.26. The van der Waals surface area contributed by atoms with Crippen LogP contribution in [-0.4, -0.2) is 36.6 Å². The van der Waals surface area contributed by atoms with E-state index in [1.807, 2.05) is 13.8 Å². The first-order chi connectivity index (χ1) is 9.50. The van der Waals surface area contributed by atoms with Crippen LogP contribution < -0.4 is 5.32 Å². The fourth-order valence-electron chi connectivity index (χ4n) is 2.68. The second-order valence-electron chi connectivity index (χ2n) is 5.99.